The molecule has 2 rings (SSSR count). The molecule has 0 amide bonds. The van der Waals surface area contributed by atoms with Crippen molar-refractivity contribution in [1.82, 2.24) is 0 Å². The molecule has 1 aliphatic heterocycles. The summed E-state index contributed by atoms with van der Waals surface area (Å²) in [5.41, 5.74) is -2.31. The lowest BCUT2D eigenvalue weighted by molar-refractivity contribution is -0.332. The number of benzene rings is 1. The van der Waals surface area contributed by atoms with Gasteiger partial charge in [0.05, 0.1) is 6.61 Å². The molecular weight excluding hydrogens is 272 g/mol. The van der Waals surface area contributed by atoms with E-state index in [9.17, 15) is 35.7 Å². The van der Waals surface area contributed by atoms with Gasteiger partial charge in [0.2, 0.25) is 0 Å². The molecule has 1 fully saturated rings. The standard InChI is InChI=1S/C12H16O8/c13-4-12(5-2-1-3-6(14)7(5)15)10(18)8(16)9(17)11(19)20-12/h1-3,8-11,13-19H,4H2/t8-,9-,10+,11-,12+/m1/s1. The lowest BCUT2D eigenvalue weighted by atomic mass is 9.81. The lowest BCUT2D eigenvalue weighted by Crippen LogP contribution is -2.64. The third-order valence-electron chi connectivity index (χ3n) is 3.48. The predicted molar refractivity (Wildman–Crippen MR) is 63.6 cm³/mol. The average molecular weight is 288 g/mol. The van der Waals surface area contributed by atoms with E-state index in [-0.39, 0.29) is 5.56 Å². The van der Waals surface area contributed by atoms with E-state index in [0.717, 1.165) is 0 Å². The first kappa shape index (κ1) is 15.0. The Balaban J connectivity index is 2.56. The van der Waals surface area contributed by atoms with Gasteiger partial charge in [-0.15, -0.1) is 0 Å². The molecule has 0 spiro atoms. The molecule has 7 N–H and O–H groups in total. The second-order valence-corrected chi connectivity index (χ2v) is 4.66. The van der Waals surface area contributed by atoms with Gasteiger partial charge in [0.25, 0.3) is 0 Å². The van der Waals surface area contributed by atoms with Crippen molar-refractivity contribution in [2.45, 2.75) is 30.2 Å². The minimum atomic E-state index is -2.08. The summed E-state index contributed by atoms with van der Waals surface area (Å²) < 4.78 is 5.01. The Bertz CT molecular complexity index is 492. The van der Waals surface area contributed by atoms with Crippen molar-refractivity contribution in [2.75, 3.05) is 6.61 Å². The Hall–Kier alpha value is -1.42. The molecule has 8 heteroatoms. The smallest absolute Gasteiger partial charge is 0.184 e. The fourth-order valence-electron chi connectivity index (χ4n) is 2.30. The molecule has 20 heavy (non-hydrogen) atoms. The minimum Gasteiger partial charge on any atom is -0.504 e. The molecule has 0 radical (unpaired) electrons. The Morgan fingerprint density at radius 1 is 1.05 bits per heavy atom. The number of aliphatic hydroxyl groups excluding tert-OH is 5. The first-order chi connectivity index (χ1) is 9.35. The highest BCUT2D eigenvalue weighted by Crippen LogP contribution is 2.43. The van der Waals surface area contributed by atoms with E-state index in [0.29, 0.717) is 0 Å². The number of rotatable bonds is 2. The van der Waals surface area contributed by atoms with Crippen LogP contribution in [0.15, 0.2) is 18.2 Å². The van der Waals surface area contributed by atoms with Crippen LogP contribution in [0.5, 0.6) is 11.5 Å². The van der Waals surface area contributed by atoms with Crippen LogP contribution in [-0.2, 0) is 10.3 Å². The van der Waals surface area contributed by atoms with Crippen molar-refractivity contribution in [3.8, 4) is 11.5 Å². The Morgan fingerprint density at radius 2 is 1.70 bits per heavy atom. The van der Waals surface area contributed by atoms with Crippen molar-refractivity contribution < 1.29 is 40.5 Å². The average Bonchev–Trinajstić information content (AvgIpc) is 2.44. The summed E-state index contributed by atoms with van der Waals surface area (Å²) in [6.07, 6.45) is -7.31. The molecule has 0 aliphatic carbocycles. The van der Waals surface area contributed by atoms with Crippen LogP contribution in [0.1, 0.15) is 5.56 Å². The van der Waals surface area contributed by atoms with Crippen LogP contribution in [0.3, 0.4) is 0 Å². The molecule has 1 heterocycles. The Labute approximate surface area is 113 Å². The molecule has 1 saturated heterocycles. The van der Waals surface area contributed by atoms with E-state index in [1.165, 1.54) is 18.2 Å². The normalized spacial score (nSPS) is 37.9. The monoisotopic (exact) mass is 288 g/mol. The highest BCUT2D eigenvalue weighted by atomic mass is 16.7. The quantitative estimate of drug-likeness (QED) is 0.301. The third kappa shape index (κ3) is 2.03. The summed E-state index contributed by atoms with van der Waals surface area (Å²) in [4.78, 5) is 0. The zero-order valence-electron chi connectivity index (χ0n) is 10.3. The maximum Gasteiger partial charge on any atom is 0.184 e. The maximum atomic E-state index is 10.0. The van der Waals surface area contributed by atoms with Crippen molar-refractivity contribution >= 4 is 0 Å². The van der Waals surface area contributed by atoms with Gasteiger partial charge in [-0.25, -0.2) is 0 Å². The van der Waals surface area contributed by atoms with Crippen LogP contribution in [0.2, 0.25) is 0 Å². The number of hydrogen-bond acceptors (Lipinski definition) is 8. The highest BCUT2D eigenvalue weighted by Gasteiger charge is 2.55. The van der Waals surface area contributed by atoms with Crippen molar-refractivity contribution in [2.24, 2.45) is 0 Å². The maximum absolute atomic E-state index is 10.0. The summed E-state index contributed by atoms with van der Waals surface area (Å²) in [7, 11) is 0. The van der Waals surface area contributed by atoms with Crippen LogP contribution in [0, 0.1) is 0 Å². The van der Waals surface area contributed by atoms with E-state index >= 15 is 0 Å². The van der Waals surface area contributed by atoms with Crippen LogP contribution >= 0.6 is 0 Å². The van der Waals surface area contributed by atoms with Gasteiger partial charge in [-0.1, -0.05) is 12.1 Å². The molecule has 0 aromatic heterocycles. The molecule has 1 aromatic rings. The van der Waals surface area contributed by atoms with Crippen LogP contribution in [-0.4, -0.2) is 67.0 Å². The van der Waals surface area contributed by atoms with Gasteiger partial charge in [-0.2, -0.15) is 0 Å². The van der Waals surface area contributed by atoms with E-state index in [4.69, 9.17) is 4.74 Å². The van der Waals surface area contributed by atoms with Crippen molar-refractivity contribution in [3.05, 3.63) is 23.8 Å². The largest absolute Gasteiger partial charge is 0.504 e. The summed E-state index contributed by atoms with van der Waals surface area (Å²) in [5.74, 6) is -1.20. The molecular formula is C12H16O8. The summed E-state index contributed by atoms with van der Waals surface area (Å²) in [5, 5.41) is 67.6. The number of phenolic OH excluding ortho intramolecular Hbond substituents is 2. The van der Waals surface area contributed by atoms with Crippen LogP contribution in [0.4, 0.5) is 0 Å². The van der Waals surface area contributed by atoms with E-state index in [2.05, 4.69) is 0 Å². The van der Waals surface area contributed by atoms with Crippen LogP contribution < -0.4 is 0 Å². The number of hydrogen-bond donors (Lipinski definition) is 7. The second kappa shape index (κ2) is 5.17. The van der Waals surface area contributed by atoms with E-state index < -0.39 is 48.3 Å². The fourth-order valence-corrected chi connectivity index (χ4v) is 2.30. The van der Waals surface area contributed by atoms with Gasteiger partial charge in [-0.3, -0.25) is 0 Å². The molecule has 0 bridgehead atoms. The SMILES string of the molecule is OC[C@@]1(c2cccc(O)c2O)O[C@@H](O)[C@H](O)[C@@H](O)[C@@H]1O. The zero-order chi connectivity index (χ0) is 15.1. The molecule has 8 nitrogen and oxygen atoms in total. The topological polar surface area (TPSA) is 151 Å². The number of para-hydroxylation sites is 1. The number of phenols is 2. The molecule has 5 atom stereocenters. The van der Waals surface area contributed by atoms with Gasteiger partial charge in [-0.05, 0) is 6.07 Å². The summed E-state index contributed by atoms with van der Waals surface area (Å²) in [6, 6.07) is 3.73. The van der Waals surface area contributed by atoms with Crippen molar-refractivity contribution in [3.63, 3.8) is 0 Å². The molecule has 1 aliphatic rings. The van der Waals surface area contributed by atoms with Gasteiger partial charge in [0, 0.05) is 5.56 Å². The predicted octanol–water partition coefficient (Wildman–Crippen LogP) is -2.28. The number of aromatic hydroxyl groups is 2. The first-order valence-electron chi connectivity index (χ1n) is 5.87. The second-order valence-electron chi connectivity index (χ2n) is 4.66. The zero-order valence-corrected chi connectivity index (χ0v) is 10.3. The van der Waals surface area contributed by atoms with E-state index in [1.807, 2.05) is 0 Å². The van der Waals surface area contributed by atoms with E-state index in [1.54, 1.807) is 0 Å². The molecule has 112 valence electrons. The summed E-state index contributed by atoms with van der Waals surface area (Å²) in [6.45, 7) is -0.911. The highest BCUT2D eigenvalue weighted by molar-refractivity contribution is 5.48. The Morgan fingerprint density at radius 3 is 2.30 bits per heavy atom. The lowest BCUT2D eigenvalue weighted by Gasteiger charge is -2.46. The minimum absolute atomic E-state index is 0.225. The third-order valence-corrected chi connectivity index (χ3v) is 3.48. The van der Waals surface area contributed by atoms with Crippen molar-refractivity contribution in [1.29, 1.82) is 0 Å². The molecule has 1 aromatic carbocycles. The molecule has 0 unspecified atom stereocenters. The van der Waals surface area contributed by atoms with Gasteiger partial charge in [0.15, 0.2) is 23.4 Å². The van der Waals surface area contributed by atoms with Gasteiger partial charge in [0.1, 0.15) is 18.3 Å². The summed E-state index contributed by atoms with van der Waals surface area (Å²) >= 11 is 0. The number of ether oxygens (including phenoxy) is 1. The molecule has 0 saturated carbocycles. The van der Waals surface area contributed by atoms with Gasteiger partial charge < -0.3 is 40.5 Å². The van der Waals surface area contributed by atoms with Crippen LogP contribution in [0.25, 0.3) is 0 Å². The number of aliphatic hydroxyl groups is 5. The first-order valence-corrected chi connectivity index (χ1v) is 5.87. The Kier molecular flexibility index (Phi) is 3.87. The van der Waals surface area contributed by atoms with Gasteiger partial charge >= 0.3 is 0 Å². The fraction of sp³-hybridized carbons (Fsp3) is 0.500.